The van der Waals surface area contributed by atoms with Gasteiger partial charge in [0.15, 0.2) is 10.8 Å². The van der Waals surface area contributed by atoms with Crippen molar-refractivity contribution in [3.8, 4) is 11.1 Å². The molecule has 0 saturated heterocycles. The van der Waals surface area contributed by atoms with Gasteiger partial charge in [-0.3, -0.25) is 5.32 Å². The predicted octanol–water partition coefficient (Wildman–Crippen LogP) is 5.08. The number of hydrogen-bond acceptors (Lipinski definition) is 5. The lowest BCUT2D eigenvalue weighted by atomic mass is 9.98. The highest BCUT2D eigenvalue weighted by Crippen LogP contribution is 2.46. The molecular formula is C22H18N2O4S. The van der Waals surface area contributed by atoms with Gasteiger partial charge in [-0.05, 0) is 41.0 Å². The van der Waals surface area contributed by atoms with Crippen LogP contribution in [-0.4, -0.2) is 28.8 Å². The topological polar surface area (TPSA) is 88.5 Å². The van der Waals surface area contributed by atoms with Crippen molar-refractivity contribution in [1.29, 1.82) is 0 Å². The summed E-state index contributed by atoms with van der Waals surface area (Å²) in [7, 11) is 0. The van der Waals surface area contributed by atoms with Crippen molar-refractivity contribution in [2.75, 3.05) is 11.9 Å². The summed E-state index contributed by atoms with van der Waals surface area (Å²) in [6.45, 7) is 0.201. The predicted molar refractivity (Wildman–Crippen MR) is 110 cm³/mol. The molecule has 0 unspecified atom stereocenters. The van der Waals surface area contributed by atoms with Gasteiger partial charge in [-0.25, -0.2) is 14.6 Å². The zero-order valence-electron chi connectivity index (χ0n) is 15.4. The van der Waals surface area contributed by atoms with Crippen LogP contribution in [0.5, 0.6) is 0 Å². The highest BCUT2D eigenvalue weighted by Gasteiger charge is 2.33. The van der Waals surface area contributed by atoms with Crippen molar-refractivity contribution in [2.45, 2.75) is 24.7 Å². The number of hydrogen-bond donors (Lipinski definition) is 2. The number of carboxylic acid groups (broad SMARTS) is 1. The molecule has 5 rings (SSSR count). The Balaban J connectivity index is 1.30. The number of ether oxygens (including phenoxy) is 1. The maximum atomic E-state index is 12.4. The molecule has 0 aliphatic heterocycles. The first-order valence-corrected chi connectivity index (χ1v) is 10.3. The Morgan fingerprint density at radius 3 is 2.28 bits per heavy atom. The number of thiazole rings is 1. The lowest BCUT2D eigenvalue weighted by Gasteiger charge is -2.14. The zero-order valence-corrected chi connectivity index (χ0v) is 16.2. The first-order valence-electron chi connectivity index (χ1n) is 9.48. The summed E-state index contributed by atoms with van der Waals surface area (Å²) < 4.78 is 5.50. The summed E-state index contributed by atoms with van der Waals surface area (Å²) in [4.78, 5) is 28.5. The minimum absolute atomic E-state index is 0.0268. The number of nitrogens with one attached hydrogen (secondary N) is 1. The van der Waals surface area contributed by atoms with Crippen LogP contribution in [0.2, 0.25) is 0 Å². The summed E-state index contributed by atoms with van der Waals surface area (Å²) in [5.74, 6) is -0.846. The average molecular weight is 406 g/mol. The number of carbonyl (C=O) groups is 2. The highest BCUT2D eigenvalue weighted by atomic mass is 32.1. The van der Waals surface area contributed by atoms with E-state index in [0.717, 1.165) is 40.0 Å². The molecule has 1 aromatic heterocycles. The van der Waals surface area contributed by atoms with Crippen LogP contribution >= 0.6 is 11.3 Å². The van der Waals surface area contributed by atoms with Gasteiger partial charge in [-0.15, -0.1) is 11.3 Å². The molecular weight excluding hydrogens is 388 g/mol. The van der Waals surface area contributed by atoms with E-state index < -0.39 is 12.1 Å². The number of nitrogens with zero attached hydrogens (tertiary/aromatic N) is 1. The van der Waals surface area contributed by atoms with Crippen LogP contribution in [0.1, 0.15) is 51.2 Å². The Kier molecular flexibility index (Phi) is 4.32. The minimum atomic E-state index is -1.07. The van der Waals surface area contributed by atoms with E-state index in [4.69, 9.17) is 4.74 Å². The van der Waals surface area contributed by atoms with Crippen LogP contribution < -0.4 is 5.32 Å². The number of amides is 1. The first kappa shape index (κ1) is 17.9. The molecule has 0 bridgehead atoms. The fourth-order valence-corrected chi connectivity index (χ4v) is 4.99. The second-order valence-corrected chi connectivity index (χ2v) is 8.29. The first-order chi connectivity index (χ1) is 14.1. The van der Waals surface area contributed by atoms with Gasteiger partial charge < -0.3 is 9.84 Å². The maximum absolute atomic E-state index is 12.4. The zero-order chi connectivity index (χ0) is 20.0. The fourth-order valence-electron chi connectivity index (χ4n) is 3.88. The van der Waals surface area contributed by atoms with E-state index in [9.17, 15) is 14.7 Å². The minimum Gasteiger partial charge on any atom is -0.476 e. The van der Waals surface area contributed by atoms with E-state index >= 15 is 0 Å². The molecule has 1 saturated carbocycles. The quantitative estimate of drug-likeness (QED) is 0.617. The Morgan fingerprint density at radius 1 is 1.07 bits per heavy atom. The third-order valence-electron chi connectivity index (χ3n) is 5.36. The van der Waals surface area contributed by atoms with E-state index in [-0.39, 0.29) is 29.3 Å². The molecule has 1 heterocycles. The van der Waals surface area contributed by atoms with Crippen molar-refractivity contribution in [3.05, 3.63) is 70.2 Å². The van der Waals surface area contributed by atoms with Crippen molar-refractivity contribution in [2.24, 2.45) is 0 Å². The van der Waals surface area contributed by atoms with Gasteiger partial charge >= 0.3 is 12.1 Å². The summed E-state index contributed by atoms with van der Waals surface area (Å²) >= 11 is 1.22. The van der Waals surface area contributed by atoms with E-state index in [1.54, 1.807) is 0 Å². The van der Waals surface area contributed by atoms with E-state index in [0.29, 0.717) is 0 Å². The van der Waals surface area contributed by atoms with Crippen LogP contribution in [0.4, 0.5) is 9.93 Å². The van der Waals surface area contributed by atoms with Crippen LogP contribution in [0.3, 0.4) is 0 Å². The third-order valence-corrected chi connectivity index (χ3v) is 6.49. The van der Waals surface area contributed by atoms with Gasteiger partial charge in [0.05, 0.1) is 0 Å². The van der Waals surface area contributed by atoms with Crippen molar-refractivity contribution in [3.63, 3.8) is 0 Å². The van der Waals surface area contributed by atoms with Gasteiger partial charge in [0.2, 0.25) is 0 Å². The molecule has 2 aliphatic rings. The fraction of sp³-hybridized carbons (Fsp3) is 0.227. The summed E-state index contributed by atoms with van der Waals surface area (Å²) in [6.07, 6.45) is 1.31. The number of fused-ring (bicyclic) bond motifs is 3. The Labute approximate surface area is 171 Å². The van der Waals surface area contributed by atoms with Gasteiger partial charge in [-0.1, -0.05) is 48.5 Å². The number of aromatic nitrogens is 1. The lowest BCUT2D eigenvalue weighted by molar-refractivity contribution is 0.0690. The SMILES string of the molecule is O=C(Nc1nc(C(=O)O)c(C2CC2)s1)OCC1c2ccccc2-c2ccccc21. The summed E-state index contributed by atoms with van der Waals surface area (Å²) in [5, 5.41) is 12.2. The van der Waals surface area contributed by atoms with Crippen molar-refractivity contribution < 1.29 is 19.4 Å². The molecule has 0 radical (unpaired) electrons. The van der Waals surface area contributed by atoms with E-state index in [1.165, 1.54) is 11.3 Å². The molecule has 2 N–H and O–H groups in total. The second kappa shape index (κ2) is 7.00. The monoisotopic (exact) mass is 406 g/mol. The van der Waals surface area contributed by atoms with Gasteiger partial charge in [0, 0.05) is 10.8 Å². The molecule has 0 spiro atoms. The Hall–Kier alpha value is -3.19. The molecule has 7 heteroatoms. The van der Waals surface area contributed by atoms with Crippen LogP contribution in [0.25, 0.3) is 11.1 Å². The third kappa shape index (κ3) is 3.27. The van der Waals surface area contributed by atoms with Gasteiger partial charge in [0.1, 0.15) is 6.61 Å². The molecule has 2 aliphatic carbocycles. The lowest BCUT2D eigenvalue weighted by Crippen LogP contribution is -2.18. The number of rotatable bonds is 5. The smallest absolute Gasteiger partial charge is 0.413 e. The second-order valence-electron chi connectivity index (χ2n) is 7.26. The Bertz CT molecular complexity index is 1070. The van der Waals surface area contributed by atoms with E-state index in [1.807, 2.05) is 24.3 Å². The van der Waals surface area contributed by atoms with Crippen LogP contribution in [0.15, 0.2) is 48.5 Å². The Morgan fingerprint density at radius 2 is 1.69 bits per heavy atom. The van der Waals surface area contributed by atoms with Crippen LogP contribution in [0, 0.1) is 0 Å². The average Bonchev–Trinajstić information content (AvgIpc) is 3.40. The standard InChI is InChI=1S/C22H18N2O4S/c25-20(26)18-19(12-9-10-12)29-21(23-18)24-22(27)28-11-17-15-7-3-1-5-13(15)14-6-2-4-8-16(14)17/h1-8,12,17H,9-11H2,(H,25,26)(H,23,24,27). The molecule has 2 aromatic carbocycles. The number of carbonyl (C=O) groups excluding carboxylic acids is 1. The molecule has 146 valence electrons. The molecule has 1 amide bonds. The van der Waals surface area contributed by atoms with Gasteiger partial charge in [-0.2, -0.15) is 0 Å². The number of benzene rings is 2. The molecule has 1 fully saturated rings. The number of carboxylic acids is 1. The normalized spacial score (nSPS) is 14.9. The number of aromatic carboxylic acids is 1. The molecule has 0 atom stereocenters. The highest BCUT2D eigenvalue weighted by molar-refractivity contribution is 7.16. The van der Waals surface area contributed by atoms with Crippen molar-refractivity contribution >= 4 is 28.5 Å². The maximum Gasteiger partial charge on any atom is 0.413 e. The molecule has 29 heavy (non-hydrogen) atoms. The van der Waals surface area contributed by atoms with Gasteiger partial charge in [0.25, 0.3) is 0 Å². The number of anilines is 1. The van der Waals surface area contributed by atoms with E-state index in [2.05, 4.69) is 34.6 Å². The molecule has 3 aromatic rings. The van der Waals surface area contributed by atoms with Crippen molar-refractivity contribution in [1.82, 2.24) is 4.98 Å². The summed E-state index contributed by atoms with van der Waals surface area (Å²) in [5.41, 5.74) is 4.64. The largest absolute Gasteiger partial charge is 0.476 e. The van der Waals surface area contributed by atoms with Crippen LogP contribution in [-0.2, 0) is 4.74 Å². The summed E-state index contributed by atoms with van der Waals surface area (Å²) in [6, 6.07) is 16.3. The molecule has 6 nitrogen and oxygen atoms in total.